The second-order valence-corrected chi connectivity index (χ2v) is 6.04. The Balaban J connectivity index is 2.75. The summed E-state index contributed by atoms with van der Waals surface area (Å²) in [4.78, 5) is 8.71. The summed E-state index contributed by atoms with van der Waals surface area (Å²) < 4.78 is 0. The van der Waals surface area contributed by atoms with Crippen LogP contribution in [0.2, 0.25) is 5.15 Å². The topological polar surface area (TPSA) is 58.0 Å². The molecule has 0 aliphatic carbocycles. The van der Waals surface area contributed by atoms with Gasteiger partial charge in [-0.1, -0.05) is 39.3 Å². The number of aliphatic hydroxyl groups is 1. The van der Waals surface area contributed by atoms with Gasteiger partial charge in [-0.05, 0) is 12.3 Å². The fourth-order valence-electron chi connectivity index (χ4n) is 1.44. The average Bonchev–Trinajstić information content (AvgIpc) is 2.25. The lowest BCUT2D eigenvalue weighted by Crippen LogP contribution is -2.19. The number of aliphatic hydroxyl groups excluding tert-OH is 1. The van der Waals surface area contributed by atoms with Crippen LogP contribution in [0.5, 0.6) is 0 Å². The molecular formula is C13H22ClN3O. The van der Waals surface area contributed by atoms with Crippen LogP contribution in [-0.4, -0.2) is 28.2 Å². The van der Waals surface area contributed by atoms with Crippen molar-refractivity contribution >= 4 is 17.4 Å². The second-order valence-electron chi connectivity index (χ2n) is 5.65. The van der Waals surface area contributed by atoms with Crippen molar-refractivity contribution in [2.24, 2.45) is 5.92 Å². The Morgan fingerprint density at radius 3 is 2.61 bits per heavy atom. The number of nitrogens with zero attached hydrogens (tertiary/aromatic N) is 2. The van der Waals surface area contributed by atoms with Gasteiger partial charge >= 0.3 is 0 Å². The lowest BCUT2D eigenvalue weighted by molar-refractivity contribution is 0.266. The van der Waals surface area contributed by atoms with Gasteiger partial charge in [0.25, 0.3) is 0 Å². The second kappa shape index (κ2) is 6.34. The molecule has 4 nitrogen and oxygen atoms in total. The summed E-state index contributed by atoms with van der Waals surface area (Å²) in [5.74, 6) is 1.86. The van der Waals surface area contributed by atoms with Crippen molar-refractivity contribution in [1.29, 1.82) is 0 Å². The van der Waals surface area contributed by atoms with Crippen LogP contribution in [0, 0.1) is 5.92 Å². The molecule has 0 fully saturated rings. The fourth-order valence-corrected chi connectivity index (χ4v) is 1.63. The number of aromatic nitrogens is 2. The minimum atomic E-state index is -0.127. The summed E-state index contributed by atoms with van der Waals surface area (Å²) in [7, 11) is 0. The molecule has 1 unspecified atom stereocenters. The van der Waals surface area contributed by atoms with Crippen LogP contribution < -0.4 is 5.32 Å². The third-order valence-electron chi connectivity index (χ3n) is 2.62. The summed E-state index contributed by atoms with van der Waals surface area (Å²) in [5, 5.41) is 12.5. The van der Waals surface area contributed by atoms with Gasteiger partial charge in [-0.25, -0.2) is 9.97 Å². The van der Waals surface area contributed by atoms with Gasteiger partial charge in [0, 0.05) is 24.6 Å². The van der Waals surface area contributed by atoms with Crippen molar-refractivity contribution in [2.45, 2.75) is 39.5 Å². The molecule has 0 bridgehead atoms. The van der Waals surface area contributed by atoms with E-state index < -0.39 is 0 Å². The van der Waals surface area contributed by atoms with Crippen molar-refractivity contribution < 1.29 is 5.11 Å². The van der Waals surface area contributed by atoms with Gasteiger partial charge in [0.2, 0.25) is 0 Å². The first-order valence-electron chi connectivity index (χ1n) is 6.22. The van der Waals surface area contributed by atoms with Gasteiger partial charge in [0.05, 0.1) is 0 Å². The Morgan fingerprint density at radius 2 is 2.06 bits per heavy atom. The van der Waals surface area contributed by atoms with Gasteiger partial charge in [0.1, 0.15) is 16.8 Å². The van der Waals surface area contributed by atoms with E-state index in [1.807, 2.05) is 0 Å². The van der Waals surface area contributed by atoms with Gasteiger partial charge in [0.15, 0.2) is 0 Å². The predicted octanol–water partition coefficient (Wildman–Crippen LogP) is 2.86. The minimum absolute atomic E-state index is 0.127. The molecule has 18 heavy (non-hydrogen) atoms. The summed E-state index contributed by atoms with van der Waals surface area (Å²) in [6, 6.07) is 1.72. The van der Waals surface area contributed by atoms with Crippen LogP contribution in [0.25, 0.3) is 0 Å². The van der Waals surface area contributed by atoms with Crippen molar-refractivity contribution in [1.82, 2.24) is 9.97 Å². The molecule has 5 heteroatoms. The van der Waals surface area contributed by atoms with Crippen molar-refractivity contribution in [2.75, 3.05) is 18.5 Å². The van der Waals surface area contributed by atoms with Crippen LogP contribution in [0.1, 0.15) is 39.9 Å². The molecule has 1 heterocycles. The number of rotatable bonds is 5. The highest BCUT2D eigenvalue weighted by atomic mass is 35.5. The minimum Gasteiger partial charge on any atom is -0.396 e. The van der Waals surface area contributed by atoms with E-state index >= 15 is 0 Å². The Hall–Kier alpha value is -0.870. The zero-order valence-electron chi connectivity index (χ0n) is 11.5. The zero-order chi connectivity index (χ0) is 13.8. The monoisotopic (exact) mass is 271 g/mol. The summed E-state index contributed by atoms with van der Waals surface area (Å²) in [6.45, 7) is 9.21. The zero-order valence-corrected chi connectivity index (χ0v) is 12.3. The molecular weight excluding hydrogens is 250 g/mol. The maximum Gasteiger partial charge on any atom is 0.137 e. The third kappa shape index (κ3) is 4.78. The summed E-state index contributed by atoms with van der Waals surface area (Å²) >= 11 is 6.00. The molecule has 102 valence electrons. The fraction of sp³-hybridized carbons (Fsp3) is 0.692. The van der Waals surface area contributed by atoms with Crippen LogP contribution in [0.15, 0.2) is 6.07 Å². The van der Waals surface area contributed by atoms with Gasteiger partial charge < -0.3 is 10.4 Å². The molecule has 0 aromatic carbocycles. The SMILES string of the molecule is CC(CCO)CNc1cc(Cl)nc(C(C)(C)C)n1. The third-order valence-corrected chi connectivity index (χ3v) is 2.81. The number of hydrogen-bond donors (Lipinski definition) is 2. The maximum absolute atomic E-state index is 8.85. The van der Waals surface area contributed by atoms with E-state index in [9.17, 15) is 0 Å². The van der Waals surface area contributed by atoms with Crippen LogP contribution in [-0.2, 0) is 5.41 Å². The van der Waals surface area contributed by atoms with Crippen molar-refractivity contribution in [3.63, 3.8) is 0 Å². The number of anilines is 1. The highest BCUT2D eigenvalue weighted by Gasteiger charge is 2.18. The molecule has 0 saturated carbocycles. The first-order chi connectivity index (χ1) is 8.32. The molecule has 0 spiro atoms. The molecule has 0 aliphatic rings. The molecule has 0 radical (unpaired) electrons. The molecule has 2 N–H and O–H groups in total. The summed E-state index contributed by atoms with van der Waals surface area (Å²) in [6.07, 6.45) is 0.776. The predicted molar refractivity (Wildman–Crippen MR) is 75.1 cm³/mol. The molecule has 1 aromatic heterocycles. The maximum atomic E-state index is 8.85. The number of nitrogens with one attached hydrogen (secondary N) is 1. The quantitative estimate of drug-likeness (QED) is 0.809. The van der Waals surface area contributed by atoms with Crippen molar-refractivity contribution in [3.05, 3.63) is 17.0 Å². The number of hydrogen-bond acceptors (Lipinski definition) is 4. The molecule has 1 atom stereocenters. The largest absolute Gasteiger partial charge is 0.396 e. The van der Waals surface area contributed by atoms with E-state index in [1.165, 1.54) is 0 Å². The highest BCUT2D eigenvalue weighted by molar-refractivity contribution is 6.29. The lowest BCUT2D eigenvalue weighted by Gasteiger charge is -2.18. The van der Waals surface area contributed by atoms with E-state index in [1.54, 1.807) is 6.07 Å². The molecule has 0 saturated heterocycles. The van der Waals surface area contributed by atoms with Crippen LogP contribution >= 0.6 is 11.6 Å². The van der Waals surface area contributed by atoms with Gasteiger partial charge in [-0.15, -0.1) is 0 Å². The normalized spacial score (nSPS) is 13.4. The lowest BCUT2D eigenvalue weighted by atomic mass is 9.96. The van der Waals surface area contributed by atoms with E-state index in [2.05, 4.69) is 43.0 Å². The Kier molecular flexibility index (Phi) is 5.35. The Morgan fingerprint density at radius 1 is 1.39 bits per heavy atom. The molecule has 1 aromatic rings. The molecule has 0 amide bonds. The van der Waals surface area contributed by atoms with E-state index in [0.29, 0.717) is 11.1 Å². The highest BCUT2D eigenvalue weighted by Crippen LogP contribution is 2.22. The first kappa shape index (κ1) is 15.2. The standard InChI is InChI=1S/C13H22ClN3O/c1-9(5-6-18)8-15-11-7-10(14)16-12(17-11)13(2,3)4/h7,9,18H,5-6,8H2,1-4H3,(H,15,16,17). The molecule has 1 rings (SSSR count). The summed E-state index contributed by atoms with van der Waals surface area (Å²) in [5.41, 5.74) is -0.127. The Bertz CT molecular complexity index is 390. The van der Waals surface area contributed by atoms with E-state index in [-0.39, 0.29) is 12.0 Å². The first-order valence-corrected chi connectivity index (χ1v) is 6.60. The smallest absolute Gasteiger partial charge is 0.137 e. The van der Waals surface area contributed by atoms with E-state index in [0.717, 1.165) is 24.6 Å². The Labute approximate surface area is 114 Å². The average molecular weight is 272 g/mol. The number of halogens is 1. The van der Waals surface area contributed by atoms with Crippen LogP contribution in [0.4, 0.5) is 5.82 Å². The van der Waals surface area contributed by atoms with Crippen molar-refractivity contribution in [3.8, 4) is 0 Å². The molecule has 0 aliphatic heterocycles. The van der Waals surface area contributed by atoms with Crippen LogP contribution in [0.3, 0.4) is 0 Å². The van der Waals surface area contributed by atoms with Gasteiger partial charge in [-0.3, -0.25) is 0 Å². The van der Waals surface area contributed by atoms with Gasteiger partial charge in [-0.2, -0.15) is 0 Å². The van der Waals surface area contributed by atoms with E-state index in [4.69, 9.17) is 16.7 Å².